The van der Waals surface area contributed by atoms with Gasteiger partial charge in [0.05, 0.1) is 12.3 Å². The van der Waals surface area contributed by atoms with E-state index in [4.69, 9.17) is 0 Å². The molecule has 0 bridgehead atoms. The molecule has 1 heterocycles. The number of rotatable bonds is 2. The Hall–Kier alpha value is -2.06. The van der Waals surface area contributed by atoms with E-state index in [0.717, 1.165) is 11.4 Å². The number of hydrogen-bond donors (Lipinski definition) is 1. The van der Waals surface area contributed by atoms with E-state index in [1.165, 1.54) is 10.8 Å². The second-order valence-corrected chi connectivity index (χ2v) is 4.03. The summed E-state index contributed by atoms with van der Waals surface area (Å²) in [4.78, 5) is 0. The van der Waals surface area contributed by atoms with Gasteiger partial charge in [0.2, 0.25) is 0 Å². The molecule has 3 aromatic rings. The lowest BCUT2D eigenvalue weighted by atomic mass is 10.1. The van der Waals surface area contributed by atoms with Gasteiger partial charge in [-0.2, -0.15) is 0 Å². The standard InChI is InChI=1S/C15H13NO/c17-11-13-7-4-10-16(13)15-9-3-6-12-5-1-2-8-14(12)15/h1-10,17H,11H2. The van der Waals surface area contributed by atoms with Crippen molar-refractivity contribution in [2.24, 2.45) is 0 Å². The van der Waals surface area contributed by atoms with Crippen LogP contribution in [0.4, 0.5) is 0 Å². The van der Waals surface area contributed by atoms with Crippen LogP contribution in [0, 0.1) is 0 Å². The van der Waals surface area contributed by atoms with Crippen LogP contribution >= 0.6 is 0 Å². The normalized spacial score (nSPS) is 10.9. The van der Waals surface area contributed by atoms with Gasteiger partial charge < -0.3 is 9.67 Å². The molecule has 0 spiro atoms. The van der Waals surface area contributed by atoms with E-state index < -0.39 is 0 Å². The highest BCUT2D eigenvalue weighted by molar-refractivity contribution is 5.90. The van der Waals surface area contributed by atoms with Crippen LogP contribution in [0.1, 0.15) is 5.69 Å². The van der Waals surface area contributed by atoms with Crippen molar-refractivity contribution in [3.63, 3.8) is 0 Å². The topological polar surface area (TPSA) is 25.2 Å². The molecular weight excluding hydrogens is 210 g/mol. The Bertz CT molecular complexity index is 649. The van der Waals surface area contributed by atoms with Crippen molar-refractivity contribution in [2.75, 3.05) is 0 Å². The fraction of sp³-hybridized carbons (Fsp3) is 0.0667. The van der Waals surface area contributed by atoms with Gasteiger partial charge in [-0.25, -0.2) is 0 Å². The van der Waals surface area contributed by atoms with Crippen LogP contribution in [-0.2, 0) is 6.61 Å². The van der Waals surface area contributed by atoms with Gasteiger partial charge in [-0.3, -0.25) is 0 Å². The maximum absolute atomic E-state index is 9.32. The van der Waals surface area contributed by atoms with Crippen molar-refractivity contribution in [3.8, 4) is 5.69 Å². The lowest BCUT2D eigenvalue weighted by Gasteiger charge is -2.10. The summed E-state index contributed by atoms with van der Waals surface area (Å²) in [5, 5.41) is 11.7. The van der Waals surface area contributed by atoms with Crippen LogP contribution in [0.3, 0.4) is 0 Å². The number of hydrogen-bond acceptors (Lipinski definition) is 1. The summed E-state index contributed by atoms with van der Waals surface area (Å²) in [6, 6.07) is 18.4. The molecule has 84 valence electrons. The summed E-state index contributed by atoms with van der Waals surface area (Å²) in [6.45, 7) is 0.0518. The van der Waals surface area contributed by atoms with Gasteiger partial charge in [0, 0.05) is 17.3 Å². The summed E-state index contributed by atoms with van der Waals surface area (Å²) in [5.41, 5.74) is 2.01. The third-order valence-corrected chi connectivity index (χ3v) is 3.02. The van der Waals surface area contributed by atoms with Crippen LogP contribution < -0.4 is 0 Å². The molecule has 1 aromatic heterocycles. The largest absolute Gasteiger partial charge is 0.390 e. The molecule has 3 rings (SSSR count). The predicted octanol–water partition coefficient (Wildman–Crippen LogP) is 3.12. The van der Waals surface area contributed by atoms with Crippen LogP contribution in [0.25, 0.3) is 16.5 Å². The minimum absolute atomic E-state index is 0.0518. The van der Waals surface area contributed by atoms with Gasteiger partial charge in [-0.1, -0.05) is 36.4 Å². The highest BCUT2D eigenvalue weighted by atomic mass is 16.3. The molecule has 0 atom stereocenters. The minimum Gasteiger partial charge on any atom is -0.390 e. The Kier molecular flexibility index (Phi) is 2.42. The second kappa shape index (κ2) is 4.07. The first-order valence-corrected chi connectivity index (χ1v) is 5.65. The van der Waals surface area contributed by atoms with Crippen LogP contribution in [0.2, 0.25) is 0 Å². The molecule has 0 saturated carbocycles. The van der Waals surface area contributed by atoms with E-state index in [2.05, 4.69) is 24.3 Å². The Morgan fingerprint density at radius 3 is 2.59 bits per heavy atom. The SMILES string of the molecule is OCc1cccn1-c1cccc2ccccc12. The molecule has 0 saturated heterocycles. The van der Waals surface area contributed by atoms with Crippen LogP contribution in [-0.4, -0.2) is 9.67 Å². The van der Waals surface area contributed by atoms with Gasteiger partial charge >= 0.3 is 0 Å². The maximum Gasteiger partial charge on any atom is 0.0836 e. The van der Waals surface area contributed by atoms with Gasteiger partial charge in [0.25, 0.3) is 0 Å². The molecular formula is C15H13NO. The van der Waals surface area contributed by atoms with Gasteiger partial charge in [0.15, 0.2) is 0 Å². The summed E-state index contributed by atoms with van der Waals surface area (Å²) < 4.78 is 2.03. The Morgan fingerprint density at radius 2 is 1.71 bits per heavy atom. The van der Waals surface area contributed by atoms with Crippen LogP contribution in [0.5, 0.6) is 0 Å². The van der Waals surface area contributed by atoms with E-state index in [-0.39, 0.29) is 6.61 Å². The van der Waals surface area contributed by atoms with Crippen molar-refractivity contribution >= 4 is 10.8 Å². The van der Waals surface area contributed by atoms with E-state index >= 15 is 0 Å². The number of aromatic nitrogens is 1. The molecule has 0 amide bonds. The summed E-state index contributed by atoms with van der Waals surface area (Å²) in [5.74, 6) is 0. The quantitative estimate of drug-likeness (QED) is 0.709. The number of aliphatic hydroxyl groups is 1. The predicted molar refractivity (Wildman–Crippen MR) is 69.2 cm³/mol. The van der Waals surface area contributed by atoms with Crippen molar-refractivity contribution in [1.29, 1.82) is 0 Å². The number of fused-ring (bicyclic) bond motifs is 1. The molecule has 0 aliphatic rings. The third-order valence-electron chi connectivity index (χ3n) is 3.02. The zero-order valence-electron chi connectivity index (χ0n) is 9.38. The molecule has 2 aromatic carbocycles. The number of nitrogens with zero attached hydrogens (tertiary/aromatic N) is 1. The van der Waals surface area contributed by atoms with Gasteiger partial charge in [0.1, 0.15) is 0 Å². The first-order valence-electron chi connectivity index (χ1n) is 5.65. The molecule has 0 aliphatic carbocycles. The van der Waals surface area contributed by atoms with E-state index in [1.807, 2.05) is 41.1 Å². The number of aliphatic hydroxyl groups excluding tert-OH is 1. The van der Waals surface area contributed by atoms with Crippen molar-refractivity contribution in [3.05, 3.63) is 66.5 Å². The summed E-state index contributed by atoms with van der Waals surface area (Å²) in [7, 11) is 0. The van der Waals surface area contributed by atoms with E-state index in [1.54, 1.807) is 0 Å². The summed E-state index contributed by atoms with van der Waals surface area (Å²) >= 11 is 0. The first kappa shape index (κ1) is 10.1. The lowest BCUT2D eigenvalue weighted by molar-refractivity contribution is 0.275. The fourth-order valence-electron chi connectivity index (χ4n) is 2.20. The van der Waals surface area contributed by atoms with Crippen LogP contribution in [0.15, 0.2) is 60.8 Å². The zero-order chi connectivity index (χ0) is 11.7. The van der Waals surface area contributed by atoms with E-state index in [0.29, 0.717) is 0 Å². The Labute approximate surface area is 99.7 Å². The summed E-state index contributed by atoms with van der Waals surface area (Å²) in [6.07, 6.45) is 1.98. The highest BCUT2D eigenvalue weighted by Gasteiger charge is 2.05. The highest BCUT2D eigenvalue weighted by Crippen LogP contribution is 2.23. The molecule has 2 nitrogen and oxygen atoms in total. The third kappa shape index (κ3) is 1.63. The first-order chi connectivity index (χ1) is 8.40. The van der Waals surface area contributed by atoms with Crippen molar-refractivity contribution < 1.29 is 5.11 Å². The zero-order valence-corrected chi connectivity index (χ0v) is 9.38. The van der Waals surface area contributed by atoms with Gasteiger partial charge in [-0.05, 0) is 23.6 Å². The van der Waals surface area contributed by atoms with Crippen molar-refractivity contribution in [2.45, 2.75) is 6.61 Å². The molecule has 0 radical (unpaired) electrons. The van der Waals surface area contributed by atoms with Gasteiger partial charge in [-0.15, -0.1) is 0 Å². The monoisotopic (exact) mass is 223 g/mol. The average molecular weight is 223 g/mol. The van der Waals surface area contributed by atoms with E-state index in [9.17, 15) is 5.11 Å². The van der Waals surface area contributed by atoms with Crippen molar-refractivity contribution in [1.82, 2.24) is 4.57 Å². The number of benzene rings is 2. The second-order valence-electron chi connectivity index (χ2n) is 4.03. The smallest absolute Gasteiger partial charge is 0.0836 e. The Balaban J connectivity index is 2.31. The fourth-order valence-corrected chi connectivity index (χ4v) is 2.20. The Morgan fingerprint density at radius 1 is 0.882 bits per heavy atom. The molecule has 0 fully saturated rings. The average Bonchev–Trinajstić information content (AvgIpc) is 2.86. The minimum atomic E-state index is 0.0518. The molecule has 1 N–H and O–H groups in total. The molecule has 2 heteroatoms. The molecule has 0 unspecified atom stereocenters. The lowest BCUT2D eigenvalue weighted by Crippen LogP contribution is -1.99. The molecule has 0 aliphatic heterocycles. The maximum atomic E-state index is 9.32. The molecule has 17 heavy (non-hydrogen) atoms.